The summed E-state index contributed by atoms with van der Waals surface area (Å²) in [7, 11) is 0.956. The first-order chi connectivity index (χ1) is 10.2. The van der Waals surface area contributed by atoms with Gasteiger partial charge in [-0.1, -0.05) is 12.1 Å². The van der Waals surface area contributed by atoms with Crippen LogP contribution in [0.15, 0.2) is 18.2 Å². The highest BCUT2D eigenvalue weighted by molar-refractivity contribution is 6.62. The number of methoxy groups -OCH3 is 1. The van der Waals surface area contributed by atoms with Crippen LogP contribution in [0.5, 0.6) is 5.75 Å². The van der Waals surface area contributed by atoms with E-state index < -0.39 is 13.2 Å². The van der Waals surface area contributed by atoms with Crippen LogP contribution in [0.4, 0.5) is 0 Å². The van der Waals surface area contributed by atoms with Crippen LogP contribution in [-0.4, -0.2) is 37.5 Å². The molecule has 1 aromatic carbocycles. The summed E-state index contributed by atoms with van der Waals surface area (Å²) < 4.78 is 22.4. The average molecular weight is 304 g/mol. The Kier molecular flexibility index (Phi) is 3.49. The van der Waals surface area contributed by atoms with Crippen LogP contribution in [0.1, 0.15) is 33.3 Å². The zero-order valence-electron chi connectivity index (χ0n) is 13.6. The third-order valence-electron chi connectivity index (χ3n) is 4.75. The molecule has 0 radical (unpaired) electrons. The number of hydrogen-bond donors (Lipinski definition) is 0. The normalized spacial score (nSPS) is 24.8. The van der Waals surface area contributed by atoms with E-state index in [-0.39, 0.29) is 17.2 Å². The zero-order valence-corrected chi connectivity index (χ0v) is 13.6. The van der Waals surface area contributed by atoms with E-state index in [9.17, 15) is 4.79 Å². The lowest BCUT2D eigenvalue weighted by molar-refractivity contribution is -0.147. The molecule has 22 heavy (non-hydrogen) atoms. The molecular weight excluding hydrogens is 283 g/mol. The van der Waals surface area contributed by atoms with E-state index in [1.165, 1.54) is 7.11 Å². The van der Waals surface area contributed by atoms with E-state index in [2.05, 4.69) is 0 Å². The molecule has 3 rings (SSSR count). The number of benzene rings is 1. The van der Waals surface area contributed by atoms with Gasteiger partial charge in [0.1, 0.15) is 5.75 Å². The molecular formula is C16H21BO5. The fourth-order valence-electron chi connectivity index (χ4n) is 2.66. The number of carbonyl (C=O) groups is 1. The van der Waals surface area contributed by atoms with Crippen LogP contribution < -0.4 is 10.2 Å². The van der Waals surface area contributed by atoms with Gasteiger partial charge in [-0.2, -0.15) is 0 Å². The van der Waals surface area contributed by atoms with E-state index in [0.29, 0.717) is 6.42 Å². The topological polar surface area (TPSA) is 54.0 Å². The first-order valence-electron chi connectivity index (χ1n) is 7.46. The van der Waals surface area contributed by atoms with Gasteiger partial charge >= 0.3 is 13.1 Å². The lowest BCUT2D eigenvalue weighted by Gasteiger charge is -2.32. The van der Waals surface area contributed by atoms with Gasteiger partial charge in [-0.25, -0.2) is 4.79 Å². The van der Waals surface area contributed by atoms with Gasteiger partial charge in [0, 0.05) is 6.42 Å². The summed E-state index contributed by atoms with van der Waals surface area (Å²) in [6.45, 7) is 8.10. The number of fused-ring (bicyclic) bond motifs is 1. The van der Waals surface area contributed by atoms with E-state index in [1.807, 2.05) is 45.9 Å². The van der Waals surface area contributed by atoms with Crippen molar-refractivity contribution >= 4 is 18.6 Å². The smallest absolute Gasteiger partial charge is 0.478 e. The molecule has 0 N–H and O–H groups in total. The van der Waals surface area contributed by atoms with Crippen molar-refractivity contribution in [2.24, 2.45) is 0 Å². The molecule has 0 aromatic heterocycles. The molecule has 0 amide bonds. The second-order valence-electron chi connectivity index (χ2n) is 6.79. The van der Waals surface area contributed by atoms with Crippen molar-refractivity contribution in [2.45, 2.75) is 51.4 Å². The number of rotatable bonds is 2. The molecule has 1 atom stereocenters. The fourth-order valence-corrected chi connectivity index (χ4v) is 2.66. The fraction of sp³-hybridized carbons (Fsp3) is 0.562. The molecule has 1 fully saturated rings. The maximum atomic E-state index is 11.6. The van der Waals surface area contributed by atoms with Gasteiger partial charge in [-0.05, 0) is 44.8 Å². The molecule has 1 saturated heterocycles. The molecule has 0 bridgehead atoms. The van der Waals surface area contributed by atoms with Crippen molar-refractivity contribution in [1.82, 2.24) is 0 Å². The van der Waals surface area contributed by atoms with Gasteiger partial charge in [-0.3, -0.25) is 0 Å². The maximum absolute atomic E-state index is 11.6. The molecule has 2 aliphatic rings. The molecule has 2 heterocycles. The molecule has 5 nitrogen and oxygen atoms in total. The Morgan fingerprint density at radius 2 is 1.86 bits per heavy atom. The Morgan fingerprint density at radius 1 is 1.23 bits per heavy atom. The summed E-state index contributed by atoms with van der Waals surface area (Å²) in [5.41, 5.74) is 1.16. The first kappa shape index (κ1) is 15.4. The van der Waals surface area contributed by atoms with Gasteiger partial charge in [0.05, 0.1) is 18.3 Å². The molecule has 2 aliphatic heterocycles. The van der Waals surface area contributed by atoms with Gasteiger partial charge in [0.25, 0.3) is 0 Å². The SMILES string of the molecule is COC(=O)C1Cc2cc(B3OC(C)(C)C(C)(C)O3)ccc2O1. The molecule has 0 spiro atoms. The van der Waals surface area contributed by atoms with Crippen LogP contribution >= 0.6 is 0 Å². The second-order valence-corrected chi connectivity index (χ2v) is 6.79. The van der Waals surface area contributed by atoms with Gasteiger partial charge in [0.2, 0.25) is 0 Å². The highest BCUT2D eigenvalue weighted by Gasteiger charge is 2.51. The summed E-state index contributed by atoms with van der Waals surface area (Å²) in [5.74, 6) is 0.365. The molecule has 1 aromatic rings. The molecule has 0 saturated carbocycles. The quantitative estimate of drug-likeness (QED) is 0.611. The summed E-state index contributed by atoms with van der Waals surface area (Å²) in [6.07, 6.45) is -0.0523. The Hall–Kier alpha value is -1.53. The van der Waals surface area contributed by atoms with Crippen LogP contribution in [0.2, 0.25) is 0 Å². The van der Waals surface area contributed by atoms with E-state index in [1.54, 1.807) is 0 Å². The second kappa shape index (κ2) is 5.00. The van der Waals surface area contributed by atoms with Crippen molar-refractivity contribution in [1.29, 1.82) is 0 Å². The van der Waals surface area contributed by atoms with Crippen molar-refractivity contribution in [3.63, 3.8) is 0 Å². The largest absolute Gasteiger partial charge is 0.494 e. The average Bonchev–Trinajstić information content (AvgIpc) is 2.96. The minimum atomic E-state index is -0.562. The lowest BCUT2D eigenvalue weighted by atomic mass is 9.78. The lowest BCUT2D eigenvalue weighted by Crippen LogP contribution is -2.41. The Labute approximate surface area is 131 Å². The molecule has 6 heteroatoms. The van der Waals surface area contributed by atoms with Crippen LogP contribution in [0.3, 0.4) is 0 Å². The minimum Gasteiger partial charge on any atom is -0.478 e. The van der Waals surface area contributed by atoms with Crippen LogP contribution in [0, 0.1) is 0 Å². The van der Waals surface area contributed by atoms with E-state index in [4.69, 9.17) is 18.8 Å². The Bertz CT molecular complexity index is 595. The Morgan fingerprint density at radius 3 is 2.45 bits per heavy atom. The zero-order chi connectivity index (χ0) is 16.1. The number of ether oxygens (including phenoxy) is 2. The van der Waals surface area contributed by atoms with Crippen molar-refractivity contribution < 1.29 is 23.6 Å². The van der Waals surface area contributed by atoms with Crippen molar-refractivity contribution in [3.8, 4) is 5.75 Å². The summed E-state index contributed by atoms with van der Waals surface area (Å²) >= 11 is 0. The third-order valence-corrected chi connectivity index (χ3v) is 4.75. The number of hydrogen-bond acceptors (Lipinski definition) is 5. The van der Waals surface area contributed by atoms with E-state index in [0.717, 1.165) is 16.8 Å². The van der Waals surface area contributed by atoms with Gasteiger partial charge in [0.15, 0.2) is 6.10 Å². The molecule has 0 aliphatic carbocycles. The van der Waals surface area contributed by atoms with Gasteiger partial charge < -0.3 is 18.8 Å². The molecule has 118 valence electrons. The Balaban J connectivity index is 1.81. The third kappa shape index (κ3) is 2.40. The predicted molar refractivity (Wildman–Crippen MR) is 82.3 cm³/mol. The first-order valence-corrected chi connectivity index (χ1v) is 7.46. The predicted octanol–water partition coefficient (Wildman–Crippen LogP) is 1.46. The van der Waals surface area contributed by atoms with Crippen molar-refractivity contribution in [2.75, 3.05) is 7.11 Å². The minimum absolute atomic E-state index is 0.353. The van der Waals surface area contributed by atoms with E-state index >= 15 is 0 Å². The monoisotopic (exact) mass is 304 g/mol. The summed E-state index contributed by atoms with van der Waals surface area (Å²) in [4.78, 5) is 11.6. The molecule has 1 unspecified atom stereocenters. The van der Waals surface area contributed by atoms with Crippen molar-refractivity contribution in [3.05, 3.63) is 23.8 Å². The number of carbonyl (C=O) groups excluding carboxylic acids is 1. The summed E-state index contributed by atoms with van der Waals surface area (Å²) in [6, 6.07) is 5.76. The van der Waals surface area contributed by atoms with Crippen LogP contribution in [0.25, 0.3) is 0 Å². The maximum Gasteiger partial charge on any atom is 0.494 e. The standard InChI is InChI=1S/C16H21BO5/c1-15(2)16(3,4)22-17(21-15)11-6-7-12-10(8-11)9-13(20-12)14(18)19-5/h6-8,13H,9H2,1-5H3. The highest BCUT2D eigenvalue weighted by Crippen LogP contribution is 2.37. The number of esters is 1. The highest BCUT2D eigenvalue weighted by atomic mass is 16.7. The summed E-state index contributed by atoms with van der Waals surface area (Å²) in [5, 5.41) is 0. The van der Waals surface area contributed by atoms with Crippen LogP contribution in [-0.2, 0) is 25.3 Å². The van der Waals surface area contributed by atoms with Gasteiger partial charge in [-0.15, -0.1) is 0 Å².